The summed E-state index contributed by atoms with van der Waals surface area (Å²) >= 11 is 0. The third kappa shape index (κ3) is 6.55. The molecule has 11 aromatic carbocycles. The minimum atomic E-state index is 1.03. The molecule has 0 bridgehead atoms. The van der Waals surface area contributed by atoms with Crippen molar-refractivity contribution in [2.45, 2.75) is 0 Å². The Morgan fingerprint density at radius 2 is 0.549 bits per heavy atom. The maximum atomic E-state index is 2.46. The Labute approximate surface area is 411 Å². The number of fused-ring (bicyclic) bond motifs is 9. The van der Waals surface area contributed by atoms with Crippen molar-refractivity contribution in [1.82, 2.24) is 13.7 Å². The summed E-state index contributed by atoms with van der Waals surface area (Å²) in [5, 5.41) is 7.28. The van der Waals surface area contributed by atoms with Crippen LogP contribution >= 0.6 is 0 Å². The molecule has 3 heterocycles. The molecule has 71 heavy (non-hydrogen) atoms. The summed E-state index contributed by atoms with van der Waals surface area (Å²) in [6.07, 6.45) is 0. The molecule has 0 saturated heterocycles. The molecular weight excluding hydrogens is 863 g/mol. The maximum Gasteiger partial charge on any atom is 0.0583 e. The minimum absolute atomic E-state index is 1.03. The molecule has 5 nitrogen and oxygen atoms in total. The highest BCUT2D eigenvalue weighted by Crippen LogP contribution is 2.49. The van der Waals surface area contributed by atoms with Gasteiger partial charge in [-0.15, -0.1) is 0 Å². The Kier molecular flexibility index (Phi) is 9.46. The predicted octanol–water partition coefficient (Wildman–Crippen LogP) is 17.9. The highest BCUT2D eigenvalue weighted by molar-refractivity contribution is 6.18. The van der Waals surface area contributed by atoms with Gasteiger partial charge in [-0.2, -0.15) is 0 Å². The molecule has 0 saturated carbocycles. The van der Waals surface area contributed by atoms with Gasteiger partial charge in [0.15, 0.2) is 0 Å². The van der Waals surface area contributed by atoms with Gasteiger partial charge in [-0.1, -0.05) is 158 Å². The van der Waals surface area contributed by atoms with Crippen molar-refractivity contribution in [3.63, 3.8) is 0 Å². The van der Waals surface area contributed by atoms with Crippen molar-refractivity contribution in [1.29, 1.82) is 0 Å². The van der Waals surface area contributed by atoms with Crippen LogP contribution in [0.4, 0.5) is 34.1 Å². The maximum absolute atomic E-state index is 2.46. The van der Waals surface area contributed by atoms with E-state index < -0.39 is 0 Å². The Bertz CT molecular complexity index is 4190. The monoisotopic (exact) mass is 907 g/mol. The summed E-state index contributed by atoms with van der Waals surface area (Å²) in [6, 6.07) is 99.1. The van der Waals surface area contributed by atoms with Crippen LogP contribution in [0, 0.1) is 0 Å². The summed E-state index contributed by atoms with van der Waals surface area (Å²) in [7, 11) is 0. The van der Waals surface area contributed by atoms with E-state index in [0.29, 0.717) is 0 Å². The second-order valence-corrected chi connectivity index (χ2v) is 18.2. The molecule has 0 aliphatic rings. The van der Waals surface area contributed by atoms with Crippen molar-refractivity contribution < 1.29 is 0 Å². The van der Waals surface area contributed by atoms with Crippen LogP contribution in [0.1, 0.15) is 0 Å². The topological polar surface area (TPSA) is 21.3 Å². The predicted molar refractivity (Wildman–Crippen MR) is 299 cm³/mol. The van der Waals surface area contributed by atoms with Gasteiger partial charge >= 0.3 is 0 Å². The van der Waals surface area contributed by atoms with Gasteiger partial charge in [-0.25, -0.2) is 0 Å². The summed E-state index contributed by atoms with van der Waals surface area (Å²) < 4.78 is 7.25. The standard InChI is InChI=1S/C66H45N5/c1-4-22-46(23-5-1)67(49-28-20-30-51(42-49)70-59-37-15-10-32-54(59)55-33-11-16-38-60(55)70)53-44-64(66-58-36-14-19-41-63(58)69(65(66)45-53)48-26-8-3-9-27-48)68(47-24-6-2-7-25-47)50-29-21-31-52(43-50)71-61-39-17-12-34-56(61)57-35-13-18-40-62(57)71/h1-45H. The van der Waals surface area contributed by atoms with Gasteiger partial charge < -0.3 is 23.5 Å². The summed E-state index contributed by atoms with van der Waals surface area (Å²) in [4.78, 5) is 4.88. The van der Waals surface area contributed by atoms with E-state index in [1.54, 1.807) is 0 Å². The largest absolute Gasteiger partial charge is 0.310 e. The third-order valence-corrected chi connectivity index (χ3v) is 14.1. The van der Waals surface area contributed by atoms with Crippen molar-refractivity contribution in [2.75, 3.05) is 9.80 Å². The first kappa shape index (κ1) is 40.5. The van der Waals surface area contributed by atoms with Gasteiger partial charge in [0.1, 0.15) is 0 Å². The lowest BCUT2D eigenvalue weighted by molar-refractivity contribution is 1.16. The minimum Gasteiger partial charge on any atom is -0.310 e. The van der Waals surface area contributed by atoms with E-state index in [-0.39, 0.29) is 0 Å². The fourth-order valence-corrected chi connectivity index (χ4v) is 11.2. The first-order valence-electron chi connectivity index (χ1n) is 24.3. The number of hydrogen-bond acceptors (Lipinski definition) is 2. The quantitative estimate of drug-likeness (QED) is 0.144. The van der Waals surface area contributed by atoms with Crippen LogP contribution in [0.2, 0.25) is 0 Å². The van der Waals surface area contributed by atoms with Crippen LogP contribution in [-0.2, 0) is 0 Å². The Balaban J connectivity index is 1.06. The van der Waals surface area contributed by atoms with Gasteiger partial charge in [0, 0.05) is 72.1 Å². The summed E-state index contributed by atoms with van der Waals surface area (Å²) in [6.45, 7) is 0. The third-order valence-electron chi connectivity index (χ3n) is 14.1. The molecular formula is C66H45N5. The zero-order valence-electron chi connectivity index (χ0n) is 38.7. The van der Waals surface area contributed by atoms with Gasteiger partial charge in [0.25, 0.3) is 0 Å². The molecule has 14 rings (SSSR count). The number of rotatable bonds is 9. The Morgan fingerprint density at radius 3 is 1.03 bits per heavy atom. The van der Waals surface area contributed by atoms with Gasteiger partial charge in [0.05, 0.1) is 44.5 Å². The highest BCUT2D eigenvalue weighted by atomic mass is 15.2. The van der Waals surface area contributed by atoms with Gasteiger partial charge in [-0.3, -0.25) is 0 Å². The SMILES string of the molecule is c1ccc(N(c2cccc(-n3c4ccccc4c4ccccc43)c2)c2cc(N(c3ccccc3)c3cccc(-n4c5ccccc5c5ccccc54)c3)c3c4ccccc4n(-c4ccccc4)c3c2)cc1. The molecule has 0 fully saturated rings. The molecule has 0 atom stereocenters. The zero-order chi connectivity index (χ0) is 46.8. The van der Waals surface area contributed by atoms with Crippen LogP contribution in [-0.4, -0.2) is 13.7 Å². The summed E-state index contributed by atoms with van der Waals surface area (Å²) in [5.41, 5.74) is 16.5. The van der Waals surface area contributed by atoms with E-state index >= 15 is 0 Å². The van der Waals surface area contributed by atoms with E-state index in [1.807, 2.05) is 0 Å². The van der Waals surface area contributed by atoms with Crippen molar-refractivity contribution in [3.05, 3.63) is 273 Å². The molecule has 0 N–H and O–H groups in total. The fraction of sp³-hybridized carbons (Fsp3) is 0. The molecule has 0 amide bonds. The van der Waals surface area contributed by atoms with Gasteiger partial charge in [0.2, 0.25) is 0 Å². The normalized spacial score (nSPS) is 11.7. The Morgan fingerprint density at radius 1 is 0.211 bits per heavy atom. The summed E-state index contributed by atoms with van der Waals surface area (Å²) in [5.74, 6) is 0. The lowest BCUT2D eigenvalue weighted by atomic mass is 10.1. The number of nitrogens with zero attached hydrogens (tertiary/aromatic N) is 5. The van der Waals surface area contributed by atoms with Crippen LogP contribution in [0.25, 0.3) is 82.5 Å². The number of hydrogen-bond donors (Lipinski definition) is 0. The average Bonchev–Trinajstić information content (AvgIpc) is 4.08. The zero-order valence-corrected chi connectivity index (χ0v) is 38.7. The van der Waals surface area contributed by atoms with Crippen molar-refractivity contribution in [2.24, 2.45) is 0 Å². The number of para-hydroxylation sites is 8. The molecule has 0 aliphatic carbocycles. The van der Waals surface area contributed by atoms with E-state index in [2.05, 4.69) is 296 Å². The first-order chi connectivity index (χ1) is 35.3. The second kappa shape index (κ2) is 16.6. The number of anilines is 6. The highest BCUT2D eigenvalue weighted by Gasteiger charge is 2.26. The fourth-order valence-electron chi connectivity index (χ4n) is 11.2. The molecule has 0 aliphatic heterocycles. The van der Waals surface area contributed by atoms with E-state index in [4.69, 9.17) is 0 Å². The van der Waals surface area contributed by atoms with Crippen LogP contribution in [0.3, 0.4) is 0 Å². The average molecular weight is 908 g/mol. The molecule has 0 radical (unpaired) electrons. The number of benzene rings is 11. The smallest absolute Gasteiger partial charge is 0.0583 e. The van der Waals surface area contributed by atoms with Crippen LogP contribution < -0.4 is 9.80 Å². The van der Waals surface area contributed by atoms with Crippen molar-refractivity contribution in [3.8, 4) is 17.1 Å². The molecule has 5 heteroatoms. The molecule has 0 unspecified atom stereocenters. The lowest BCUT2D eigenvalue weighted by Gasteiger charge is -2.31. The molecule has 3 aromatic heterocycles. The lowest BCUT2D eigenvalue weighted by Crippen LogP contribution is -2.14. The first-order valence-corrected chi connectivity index (χ1v) is 24.3. The number of aromatic nitrogens is 3. The van der Waals surface area contributed by atoms with Gasteiger partial charge in [-0.05, 0) is 115 Å². The second-order valence-electron chi connectivity index (χ2n) is 18.2. The van der Waals surface area contributed by atoms with Crippen LogP contribution in [0.15, 0.2) is 273 Å². The molecule has 14 aromatic rings. The van der Waals surface area contributed by atoms with E-state index in [9.17, 15) is 0 Å². The van der Waals surface area contributed by atoms with Crippen LogP contribution in [0.5, 0.6) is 0 Å². The Hall–Kier alpha value is -9.58. The molecule has 0 spiro atoms. The van der Waals surface area contributed by atoms with E-state index in [0.717, 1.165) is 67.6 Å². The van der Waals surface area contributed by atoms with Crippen molar-refractivity contribution >= 4 is 99.5 Å². The molecule has 334 valence electrons. The van der Waals surface area contributed by atoms with E-state index in [1.165, 1.54) is 49.0 Å².